The number of furan rings is 1. The maximum absolute atomic E-state index is 12.8. The van der Waals surface area contributed by atoms with Crippen LogP contribution >= 0.6 is 0 Å². The molecule has 0 aliphatic carbocycles. The summed E-state index contributed by atoms with van der Waals surface area (Å²) < 4.78 is 15.9. The van der Waals surface area contributed by atoms with Crippen LogP contribution in [0.15, 0.2) is 22.8 Å². The fraction of sp³-hybridized carbons (Fsp3) is 0.368. The Balaban J connectivity index is 2.28. The van der Waals surface area contributed by atoms with Gasteiger partial charge in [0.25, 0.3) is 5.91 Å². The highest BCUT2D eigenvalue weighted by molar-refractivity contribution is 5.97. The van der Waals surface area contributed by atoms with E-state index in [9.17, 15) is 9.59 Å². The number of ether oxygens (including phenoxy) is 2. The first-order valence-electron chi connectivity index (χ1n) is 8.04. The molecule has 1 heterocycles. The molecule has 2 rings (SSSR count). The lowest BCUT2D eigenvalue weighted by Crippen LogP contribution is -2.28. The normalized spacial score (nSPS) is 10.5. The number of aliphatic carboxylic acids is 1. The summed E-state index contributed by atoms with van der Waals surface area (Å²) in [7, 11) is 4.78. The van der Waals surface area contributed by atoms with E-state index in [1.54, 1.807) is 28.2 Å². The number of methoxy groups -OCH3 is 2. The quantitative estimate of drug-likeness (QED) is 0.816. The molecule has 2 aromatic rings. The van der Waals surface area contributed by atoms with Crippen molar-refractivity contribution in [3.05, 3.63) is 46.4 Å². The van der Waals surface area contributed by atoms with Gasteiger partial charge in [0.15, 0.2) is 11.5 Å². The highest BCUT2D eigenvalue weighted by Gasteiger charge is 2.24. The number of carbonyl (C=O) groups is 2. The fourth-order valence-electron chi connectivity index (χ4n) is 2.76. The number of nitrogens with zero attached hydrogens (tertiary/aromatic N) is 1. The van der Waals surface area contributed by atoms with E-state index in [2.05, 4.69) is 0 Å². The minimum atomic E-state index is -1.05. The van der Waals surface area contributed by atoms with E-state index < -0.39 is 5.97 Å². The molecule has 0 saturated heterocycles. The number of hydrogen-bond acceptors (Lipinski definition) is 5. The van der Waals surface area contributed by atoms with Crippen molar-refractivity contribution in [2.75, 3.05) is 21.3 Å². The predicted octanol–water partition coefficient (Wildman–Crippen LogP) is 2.81. The van der Waals surface area contributed by atoms with Gasteiger partial charge in [-0.3, -0.25) is 9.59 Å². The molecule has 0 aliphatic rings. The molecule has 140 valence electrons. The summed E-state index contributed by atoms with van der Waals surface area (Å²) in [4.78, 5) is 25.3. The Morgan fingerprint density at radius 3 is 2.31 bits per heavy atom. The van der Waals surface area contributed by atoms with E-state index in [1.807, 2.05) is 19.1 Å². The molecular weight excluding hydrogens is 338 g/mol. The van der Waals surface area contributed by atoms with Gasteiger partial charge in [0.1, 0.15) is 12.2 Å². The molecule has 0 radical (unpaired) electrons. The average molecular weight is 361 g/mol. The van der Waals surface area contributed by atoms with Crippen LogP contribution in [0.4, 0.5) is 0 Å². The van der Waals surface area contributed by atoms with Gasteiger partial charge in [0.05, 0.1) is 26.0 Å². The molecule has 26 heavy (non-hydrogen) atoms. The molecule has 0 saturated carbocycles. The van der Waals surface area contributed by atoms with E-state index in [0.717, 1.165) is 11.1 Å². The van der Waals surface area contributed by atoms with Crippen molar-refractivity contribution in [1.29, 1.82) is 0 Å². The number of carboxylic acid groups (broad SMARTS) is 1. The van der Waals surface area contributed by atoms with Crippen molar-refractivity contribution < 1.29 is 28.6 Å². The largest absolute Gasteiger partial charge is 0.493 e. The highest BCUT2D eigenvalue weighted by atomic mass is 16.5. The minimum absolute atomic E-state index is 0.163. The summed E-state index contributed by atoms with van der Waals surface area (Å²) in [5.74, 6) is 0.0292. The first-order chi connectivity index (χ1) is 12.3. The van der Waals surface area contributed by atoms with Gasteiger partial charge < -0.3 is 23.9 Å². The Kier molecular flexibility index (Phi) is 5.92. The first-order valence-corrected chi connectivity index (χ1v) is 8.04. The third-order valence-corrected chi connectivity index (χ3v) is 4.17. The van der Waals surface area contributed by atoms with Gasteiger partial charge in [-0.2, -0.15) is 0 Å². The molecule has 0 bridgehead atoms. The Hall–Kier alpha value is -2.96. The zero-order valence-electron chi connectivity index (χ0n) is 15.6. The molecule has 1 N–H and O–H groups in total. The van der Waals surface area contributed by atoms with Gasteiger partial charge in [-0.1, -0.05) is 0 Å². The smallest absolute Gasteiger partial charge is 0.311 e. The number of rotatable bonds is 7. The molecule has 0 spiro atoms. The third kappa shape index (κ3) is 3.99. The van der Waals surface area contributed by atoms with E-state index in [4.69, 9.17) is 19.0 Å². The number of aryl methyl sites for hydroxylation is 2. The van der Waals surface area contributed by atoms with Crippen molar-refractivity contribution in [2.24, 2.45) is 0 Å². The zero-order valence-corrected chi connectivity index (χ0v) is 15.6. The molecule has 1 aromatic carbocycles. The van der Waals surface area contributed by atoms with Crippen LogP contribution in [0.2, 0.25) is 0 Å². The summed E-state index contributed by atoms with van der Waals surface area (Å²) >= 11 is 0. The zero-order chi connectivity index (χ0) is 19.4. The molecule has 0 fully saturated rings. The molecule has 7 nitrogen and oxygen atoms in total. The lowest BCUT2D eigenvalue weighted by atomic mass is 10.1. The van der Waals surface area contributed by atoms with Gasteiger partial charge >= 0.3 is 5.97 Å². The van der Waals surface area contributed by atoms with E-state index in [0.29, 0.717) is 29.2 Å². The van der Waals surface area contributed by atoms with Crippen molar-refractivity contribution in [1.82, 2.24) is 4.90 Å². The maximum atomic E-state index is 12.8. The number of benzene rings is 1. The predicted molar refractivity (Wildman–Crippen MR) is 94.9 cm³/mol. The summed E-state index contributed by atoms with van der Waals surface area (Å²) in [6.45, 7) is 3.98. The average Bonchev–Trinajstić information content (AvgIpc) is 2.94. The van der Waals surface area contributed by atoms with Gasteiger partial charge in [-0.05, 0) is 37.1 Å². The van der Waals surface area contributed by atoms with E-state index in [1.165, 1.54) is 11.2 Å². The molecule has 0 atom stereocenters. The summed E-state index contributed by atoms with van der Waals surface area (Å²) in [5.41, 5.74) is 2.77. The fourth-order valence-corrected chi connectivity index (χ4v) is 2.76. The van der Waals surface area contributed by atoms with Gasteiger partial charge in [0.2, 0.25) is 0 Å². The van der Waals surface area contributed by atoms with Gasteiger partial charge in [-0.25, -0.2) is 0 Å². The monoisotopic (exact) mass is 361 g/mol. The molecule has 7 heteroatoms. The number of hydrogen-bond donors (Lipinski definition) is 1. The van der Waals surface area contributed by atoms with Crippen molar-refractivity contribution in [2.45, 2.75) is 26.8 Å². The minimum Gasteiger partial charge on any atom is -0.493 e. The third-order valence-electron chi connectivity index (χ3n) is 4.17. The molecule has 0 unspecified atom stereocenters. The second-order valence-corrected chi connectivity index (χ2v) is 6.08. The van der Waals surface area contributed by atoms with E-state index in [-0.39, 0.29) is 18.1 Å². The van der Waals surface area contributed by atoms with Crippen LogP contribution in [-0.2, 0) is 17.8 Å². The first kappa shape index (κ1) is 19.4. The molecule has 1 aromatic heterocycles. The van der Waals surface area contributed by atoms with Crippen molar-refractivity contribution in [3.63, 3.8) is 0 Å². The standard InChI is InChI=1S/C19H23NO6/c1-11-6-14(24-4)15(25-5)7-13(11)9-20(3)19(23)18-12(2)10-26-16(18)8-17(21)22/h6-7,10H,8-9H2,1-5H3,(H,21,22). The summed E-state index contributed by atoms with van der Waals surface area (Å²) in [6, 6.07) is 3.68. The lowest BCUT2D eigenvalue weighted by Gasteiger charge is -2.20. The lowest BCUT2D eigenvalue weighted by molar-refractivity contribution is -0.136. The Bertz CT molecular complexity index is 824. The van der Waals surface area contributed by atoms with Gasteiger partial charge in [0, 0.05) is 19.2 Å². The molecular formula is C19H23NO6. The van der Waals surface area contributed by atoms with Crippen molar-refractivity contribution in [3.8, 4) is 11.5 Å². The summed E-state index contributed by atoms with van der Waals surface area (Å²) in [6.07, 6.45) is 1.07. The second kappa shape index (κ2) is 7.95. The van der Waals surface area contributed by atoms with Crippen LogP contribution in [0.1, 0.15) is 32.8 Å². The SMILES string of the molecule is COc1cc(C)c(CN(C)C(=O)c2c(C)coc2CC(=O)O)cc1OC. The van der Waals surface area contributed by atoms with Gasteiger partial charge in [-0.15, -0.1) is 0 Å². The van der Waals surface area contributed by atoms with E-state index >= 15 is 0 Å². The van der Waals surface area contributed by atoms with Crippen LogP contribution in [-0.4, -0.2) is 43.2 Å². The Morgan fingerprint density at radius 1 is 1.12 bits per heavy atom. The van der Waals surface area contributed by atoms with Crippen LogP contribution in [0.5, 0.6) is 11.5 Å². The number of carbonyl (C=O) groups excluding carboxylic acids is 1. The van der Waals surface area contributed by atoms with Crippen LogP contribution in [0.25, 0.3) is 0 Å². The summed E-state index contributed by atoms with van der Waals surface area (Å²) in [5, 5.41) is 8.99. The Labute approximate surface area is 152 Å². The number of amides is 1. The van der Waals surface area contributed by atoms with Crippen LogP contribution < -0.4 is 9.47 Å². The molecule has 0 aliphatic heterocycles. The number of carboxylic acids is 1. The highest BCUT2D eigenvalue weighted by Crippen LogP contribution is 2.31. The van der Waals surface area contributed by atoms with Crippen LogP contribution in [0.3, 0.4) is 0 Å². The maximum Gasteiger partial charge on any atom is 0.311 e. The topological polar surface area (TPSA) is 89.2 Å². The van der Waals surface area contributed by atoms with Crippen molar-refractivity contribution >= 4 is 11.9 Å². The van der Waals surface area contributed by atoms with Crippen LogP contribution in [0, 0.1) is 13.8 Å². The molecule has 1 amide bonds. The Morgan fingerprint density at radius 2 is 1.73 bits per heavy atom. The second-order valence-electron chi connectivity index (χ2n) is 6.08.